The Balaban J connectivity index is 2.23. The maximum absolute atomic E-state index is 6.02. The summed E-state index contributed by atoms with van der Waals surface area (Å²) in [6.45, 7) is 4.56. The number of halogens is 1. The molecule has 112 valence electrons. The Labute approximate surface area is 130 Å². The van der Waals surface area contributed by atoms with Gasteiger partial charge in [0.05, 0.1) is 32.1 Å². The highest BCUT2D eigenvalue weighted by atomic mass is 35.5. The fourth-order valence-corrected chi connectivity index (χ4v) is 2.42. The molecule has 0 radical (unpaired) electrons. The van der Waals surface area contributed by atoms with Gasteiger partial charge in [-0.2, -0.15) is 0 Å². The van der Waals surface area contributed by atoms with E-state index in [-0.39, 0.29) is 0 Å². The van der Waals surface area contributed by atoms with Gasteiger partial charge < -0.3 is 14.8 Å². The number of ether oxygens (including phenoxy) is 2. The van der Waals surface area contributed by atoms with E-state index in [1.807, 2.05) is 32.2 Å². The van der Waals surface area contributed by atoms with E-state index in [0.717, 1.165) is 34.0 Å². The molecule has 0 fully saturated rings. The average molecular weight is 307 g/mol. The number of methoxy groups -OCH3 is 2. The molecule has 0 aliphatic carbocycles. The molecule has 2 rings (SSSR count). The first kappa shape index (κ1) is 15.4. The van der Waals surface area contributed by atoms with Crippen LogP contribution in [-0.4, -0.2) is 19.2 Å². The molecule has 4 nitrogen and oxygen atoms in total. The van der Waals surface area contributed by atoms with Crippen LogP contribution >= 0.6 is 11.6 Å². The first-order valence-corrected chi connectivity index (χ1v) is 7.01. The van der Waals surface area contributed by atoms with E-state index in [1.54, 1.807) is 20.3 Å². The van der Waals surface area contributed by atoms with E-state index in [2.05, 4.69) is 10.3 Å². The molecular formula is C16H19ClN2O2. The van der Waals surface area contributed by atoms with Crippen LogP contribution in [0.5, 0.6) is 11.5 Å². The fraction of sp³-hybridized carbons (Fsp3) is 0.312. The fourth-order valence-electron chi connectivity index (χ4n) is 2.25. The molecule has 0 atom stereocenters. The minimum Gasteiger partial charge on any atom is -0.496 e. The van der Waals surface area contributed by atoms with Gasteiger partial charge in [-0.15, -0.1) is 0 Å². The minimum absolute atomic E-state index is 0.569. The van der Waals surface area contributed by atoms with Crippen LogP contribution in [0.25, 0.3) is 0 Å². The van der Waals surface area contributed by atoms with Gasteiger partial charge in [-0.05, 0) is 32.0 Å². The zero-order chi connectivity index (χ0) is 15.4. The highest BCUT2D eigenvalue weighted by Crippen LogP contribution is 2.29. The van der Waals surface area contributed by atoms with Gasteiger partial charge in [-0.3, -0.25) is 4.98 Å². The van der Waals surface area contributed by atoms with Crippen molar-refractivity contribution in [2.45, 2.75) is 20.4 Å². The Morgan fingerprint density at radius 3 is 2.62 bits per heavy atom. The highest BCUT2D eigenvalue weighted by Gasteiger charge is 2.10. The van der Waals surface area contributed by atoms with Crippen molar-refractivity contribution in [3.63, 3.8) is 0 Å². The first-order valence-electron chi connectivity index (χ1n) is 6.63. The maximum Gasteiger partial charge on any atom is 0.142 e. The van der Waals surface area contributed by atoms with Crippen LogP contribution < -0.4 is 14.8 Å². The standard InChI is InChI=1S/C16H19ClN2O2/c1-10-8-18-14(11(2)16(10)21-4)9-19-13-7-12(17)5-6-15(13)20-3/h5-8,19H,9H2,1-4H3. The van der Waals surface area contributed by atoms with Crippen LogP contribution in [0.3, 0.4) is 0 Å². The lowest BCUT2D eigenvalue weighted by Gasteiger charge is -2.15. The summed E-state index contributed by atoms with van der Waals surface area (Å²) in [5.74, 6) is 1.62. The van der Waals surface area contributed by atoms with Gasteiger partial charge in [0.25, 0.3) is 0 Å². The summed E-state index contributed by atoms with van der Waals surface area (Å²) in [5, 5.41) is 3.96. The van der Waals surface area contributed by atoms with Gasteiger partial charge in [0.2, 0.25) is 0 Å². The number of benzene rings is 1. The number of nitrogens with one attached hydrogen (secondary N) is 1. The van der Waals surface area contributed by atoms with Crippen LogP contribution in [-0.2, 0) is 6.54 Å². The summed E-state index contributed by atoms with van der Waals surface area (Å²) >= 11 is 6.02. The van der Waals surface area contributed by atoms with Gasteiger partial charge in [-0.1, -0.05) is 11.6 Å². The Kier molecular flexibility index (Phi) is 4.91. The quantitative estimate of drug-likeness (QED) is 0.907. The van der Waals surface area contributed by atoms with Crippen molar-refractivity contribution >= 4 is 17.3 Å². The Bertz CT molecular complexity index is 644. The van der Waals surface area contributed by atoms with Crippen LogP contribution in [0.4, 0.5) is 5.69 Å². The molecule has 0 aliphatic rings. The third kappa shape index (κ3) is 3.39. The summed E-state index contributed by atoms with van der Waals surface area (Å²) < 4.78 is 10.7. The van der Waals surface area contributed by atoms with Crippen LogP contribution in [0.1, 0.15) is 16.8 Å². The molecule has 0 unspecified atom stereocenters. The van der Waals surface area contributed by atoms with E-state index < -0.39 is 0 Å². The summed E-state index contributed by atoms with van der Waals surface area (Å²) in [6, 6.07) is 5.46. The van der Waals surface area contributed by atoms with Crippen LogP contribution in [0.2, 0.25) is 5.02 Å². The lowest BCUT2D eigenvalue weighted by Crippen LogP contribution is -2.07. The van der Waals surface area contributed by atoms with Crippen LogP contribution in [0.15, 0.2) is 24.4 Å². The molecule has 0 saturated carbocycles. The second-order valence-electron chi connectivity index (χ2n) is 4.74. The number of anilines is 1. The van der Waals surface area contributed by atoms with Crippen LogP contribution in [0, 0.1) is 13.8 Å². The molecule has 1 N–H and O–H groups in total. The highest BCUT2D eigenvalue weighted by molar-refractivity contribution is 6.30. The maximum atomic E-state index is 6.02. The number of nitrogens with zero attached hydrogens (tertiary/aromatic N) is 1. The summed E-state index contributed by atoms with van der Waals surface area (Å²) in [6.07, 6.45) is 1.82. The molecule has 21 heavy (non-hydrogen) atoms. The van der Waals surface area contributed by atoms with E-state index in [1.165, 1.54) is 0 Å². The molecule has 1 heterocycles. The van der Waals surface area contributed by atoms with Gasteiger partial charge in [0, 0.05) is 22.3 Å². The molecule has 0 aliphatic heterocycles. The molecule has 0 saturated heterocycles. The number of aryl methyl sites for hydroxylation is 1. The second kappa shape index (κ2) is 6.68. The van der Waals surface area contributed by atoms with Gasteiger partial charge >= 0.3 is 0 Å². The monoisotopic (exact) mass is 306 g/mol. The number of hydrogen-bond donors (Lipinski definition) is 1. The number of aromatic nitrogens is 1. The zero-order valence-corrected chi connectivity index (χ0v) is 13.4. The smallest absolute Gasteiger partial charge is 0.142 e. The third-order valence-corrected chi connectivity index (χ3v) is 3.59. The van der Waals surface area contributed by atoms with Crippen molar-refractivity contribution in [1.82, 2.24) is 4.98 Å². The van der Waals surface area contributed by atoms with Gasteiger partial charge in [-0.25, -0.2) is 0 Å². The normalized spacial score (nSPS) is 10.3. The molecular weight excluding hydrogens is 288 g/mol. The van der Waals surface area contributed by atoms with Gasteiger partial charge in [0.1, 0.15) is 11.5 Å². The van der Waals surface area contributed by atoms with Crippen molar-refractivity contribution in [2.75, 3.05) is 19.5 Å². The number of rotatable bonds is 5. The minimum atomic E-state index is 0.569. The molecule has 5 heteroatoms. The van der Waals surface area contributed by atoms with Crippen molar-refractivity contribution in [1.29, 1.82) is 0 Å². The van der Waals surface area contributed by atoms with Crippen molar-refractivity contribution < 1.29 is 9.47 Å². The lowest BCUT2D eigenvalue weighted by atomic mass is 10.1. The molecule has 0 spiro atoms. The topological polar surface area (TPSA) is 43.4 Å². The SMILES string of the molecule is COc1ccc(Cl)cc1NCc1ncc(C)c(OC)c1C. The van der Waals surface area contributed by atoms with Crippen molar-refractivity contribution in [2.24, 2.45) is 0 Å². The largest absolute Gasteiger partial charge is 0.496 e. The average Bonchev–Trinajstić information content (AvgIpc) is 2.47. The second-order valence-corrected chi connectivity index (χ2v) is 5.18. The van der Waals surface area contributed by atoms with Crippen molar-refractivity contribution in [3.8, 4) is 11.5 Å². The summed E-state index contributed by atoms with van der Waals surface area (Å²) in [7, 11) is 3.30. The van der Waals surface area contributed by atoms with E-state index in [4.69, 9.17) is 21.1 Å². The Hall–Kier alpha value is -1.94. The lowest BCUT2D eigenvalue weighted by molar-refractivity contribution is 0.407. The molecule has 0 amide bonds. The molecule has 1 aromatic heterocycles. The first-order chi connectivity index (χ1) is 10.1. The molecule has 1 aromatic carbocycles. The predicted octanol–water partition coefficient (Wildman–Crippen LogP) is 3.98. The zero-order valence-electron chi connectivity index (χ0n) is 12.7. The third-order valence-electron chi connectivity index (χ3n) is 3.36. The Morgan fingerprint density at radius 1 is 1.19 bits per heavy atom. The summed E-state index contributed by atoms with van der Waals surface area (Å²) in [4.78, 5) is 4.46. The van der Waals surface area contributed by atoms with E-state index in [9.17, 15) is 0 Å². The van der Waals surface area contributed by atoms with E-state index in [0.29, 0.717) is 11.6 Å². The molecule has 2 aromatic rings. The van der Waals surface area contributed by atoms with Crippen molar-refractivity contribution in [3.05, 3.63) is 46.2 Å². The van der Waals surface area contributed by atoms with Gasteiger partial charge in [0.15, 0.2) is 0 Å². The Morgan fingerprint density at radius 2 is 1.95 bits per heavy atom. The molecule has 0 bridgehead atoms. The van der Waals surface area contributed by atoms with E-state index >= 15 is 0 Å². The predicted molar refractivity (Wildman–Crippen MR) is 85.6 cm³/mol. The number of pyridine rings is 1. The number of hydrogen-bond acceptors (Lipinski definition) is 4. The summed E-state index contributed by atoms with van der Waals surface area (Å²) in [5.41, 5.74) is 3.83.